The maximum absolute atomic E-state index is 11.2. The second kappa shape index (κ2) is 3.51. The zero-order chi connectivity index (χ0) is 9.12. The molecule has 0 amide bonds. The molecule has 0 bridgehead atoms. The van der Waals surface area contributed by atoms with Gasteiger partial charge in [-0.15, -0.1) is 0 Å². The maximum Gasteiger partial charge on any atom is 0.216 e. The van der Waals surface area contributed by atoms with Gasteiger partial charge in [0, 0.05) is 13.1 Å². The minimum absolute atomic E-state index is 0.305. The molecule has 0 spiro atoms. The van der Waals surface area contributed by atoms with Gasteiger partial charge in [-0.25, -0.2) is 13.1 Å². The summed E-state index contributed by atoms with van der Waals surface area (Å²) in [5, 5.41) is 0. The molecular formula is C6H16N2O2S. The monoisotopic (exact) mass is 180 g/mol. The Kier molecular flexibility index (Phi) is 3.47. The van der Waals surface area contributed by atoms with Crippen LogP contribution in [-0.2, 0) is 10.0 Å². The van der Waals surface area contributed by atoms with Gasteiger partial charge >= 0.3 is 0 Å². The van der Waals surface area contributed by atoms with Crippen LogP contribution in [0.5, 0.6) is 0 Å². The first-order valence-corrected chi connectivity index (χ1v) is 4.99. The molecule has 3 N–H and O–H groups in total. The Bertz CT molecular complexity index is 203. The topological polar surface area (TPSA) is 72.2 Å². The molecule has 0 aromatic carbocycles. The molecule has 0 aliphatic heterocycles. The van der Waals surface area contributed by atoms with Crippen molar-refractivity contribution in [2.45, 2.75) is 25.5 Å². The van der Waals surface area contributed by atoms with Gasteiger partial charge < -0.3 is 5.73 Å². The quantitative estimate of drug-likeness (QED) is 0.624. The van der Waals surface area contributed by atoms with E-state index < -0.39 is 14.8 Å². The molecule has 0 radical (unpaired) electrons. The van der Waals surface area contributed by atoms with Crippen LogP contribution < -0.4 is 10.5 Å². The Hall–Kier alpha value is -0.130. The van der Waals surface area contributed by atoms with Crippen molar-refractivity contribution in [3.05, 3.63) is 0 Å². The van der Waals surface area contributed by atoms with Crippen molar-refractivity contribution in [3.63, 3.8) is 0 Å². The minimum Gasteiger partial charge on any atom is -0.329 e. The summed E-state index contributed by atoms with van der Waals surface area (Å²) < 4.78 is 24.1. The van der Waals surface area contributed by atoms with Crippen molar-refractivity contribution in [3.8, 4) is 0 Å². The predicted octanol–water partition coefficient (Wildman–Crippen LogP) is -0.337. The molecule has 0 unspecified atom stereocenters. The van der Waals surface area contributed by atoms with E-state index in [1.807, 2.05) is 0 Å². The van der Waals surface area contributed by atoms with Gasteiger partial charge in [0.2, 0.25) is 10.0 Å². The molecule has 4 nitrogen and oxygen atoms in total. The van der Waals surface area contributed by atoms with Crippen LogP contribution in [0.2, 0.25) is 0 Å². The van der Waals surface area contributed by atoms with Gasteiger partial charge in [-0.2, -0.15) is 0 Å². The van der Waals surface area contributed by atoms with Crippen molar-refractivity contribution in [1.29, 1.82) is 0 Å². The van der Waals surface area contributed by atoms with Crippen molar-refractivity contribution in [2.75, 3.05) is 13.1 Å². The lowest BCUT2D eigenvalue weighted by molar-refractivity contribution is 0.545. The Morgan fingerprint density at radius 3 is 2.09 bits per heavy atom. The normalized spacial score (nSPS) is 13.5. The average Bonchev–Trinajstić information content (AvgIpc) is 1.81. The summed E-state index contributed by atoms with van der Waals surface area (Å²) in [6, 6.07) is 0. The molecule has 0 aliphatic rings. The molecule has 0 saturated heterocycles. The second-order valence-electron chi connectivity index (χ2n) is 3.30. The molecule has 0 fully saturated rings. The smallest absolute Gasteiger partial charge is 0.216 e. The van der Waals surface area contributed by atoms with Crippen LogP contribution in [0, 0.1) is 0 Å². The number of hydrogen-bond acceptors (Lipinski definition) is 3. The van der Waals surface area contributed by atoms with Gasteiger partial charge in [0.15, 0.2) is 0 Å². The Morgan fingerprint density at radius 2 is 1.82 bits per heavy atom. The van der Waals surface area contributed by atoms with Crippen molar-refractivity contribution in [2.24, 2.45) is 5.73 Å². The summed E-state index contributed by atoms with van der Waals surface area (Å²) in [7, 11) is -3.19. The number of nitrogens with one attached hydrogen (secondary N) is 1. The second-order valence-corrected chi connectivity index (χ2v) is 5.82. The van der Waals surface area contributed by atoms with Crippen LogP contribution in [0.1, 0.15) is 20.8 Å². The van der Waals surface area contributed by atoms with E-state index in [1.165, 1.54) is 0 Å². The highest BCUT2D eigenvalue weighted by Crippen LogP contribution is 2.12. The number of sulfonamides is 1. The molecule has 0 aromatic rings. The summed E-state index contributed by atoms with van der Waals surface area (Å²) in [5.41, 5.74) is 5.15. The van der Waals surface area contributed by atoms with Gasteiger partial charge in [0.25, 0.3) is 0 Å². The summed E-state index contributed by atoms with van der Waals surface area (Å²) in [6.45, 7) is 5.57. The third kappa shape index (κ3) is 3.18. The fourth-order valence-corrected chi connectivity index (χ4v) is 1.23. The first-order chi connectivity index (χ1) is 4.81. The standard InChI is InChI=1S/C6H16N2O2S/c1-6(2,3)11(9,10)8-5-4-7/h8H,4-5,7H2,1-3H3. The Morgan fingerprint density at radius 1 is 1.36 bits per heavy atom. The first-order valence-electron chi connectivity index (χ1n) is 3.50. The average molecular weight is 180 g/mol. The van der Waals surface area contributed by atoms with Gasteiger partial charge in [-0.3, -0.25) is 0 Å². The zero-order valence-electron chi connectivity index (χ0n) is 7.22. The molecular weight excluding hydrogens is 164 g/mol. The lowest BCUT2D eigenvalue weighted by Gasteiger charge is -2.19. The fraction of sp³-hybridized carbons (Fsp3) is 1.00. The van der Waals surface area contributed by atoms with E-state index >= 15 is 0 Å². The zero-order valence-corrected chi connectivity index (χ0v) is 8.03. The maximum atomic E-state index is 11.2. The minimum atomic E-state index is -3.19. The Balaban J connectivity index is 4.26. The molecule has 0 aromatic heterocycles. The van der Waals surface area contributed by atoms with Gasteiger partial charge in [-0.1, -0.05) is 0 Å². The highest BCUT2D eigenvalue weighted by atomic mass is 32.2. The summed E-state index contributed by atoms with van der Waals surface area (Å²) in [6.07, 6.45) is 0. The van der Waals surface area contributed by atoms with E-state index in [0.717, 1.165) is 0 Å². The molecule has 0 rings (SSSR count). The summed E-state index contributed by atoms with van der Waals surface area (Å²) >= 11 is 0. The van der Waals surface area contributed by atoms with Crippen molar-refractivity contribution < 1.29 is 8.42 Å². The molecule has 0 heterocycles. The van der Waals surface area contributed by atoms with Gasteiger partial charge in [0.05, 0.1) is 4.75 Å². The largest absolute Gasteiger partial charge is 0.329 e. The lowest BCUT2D eigenvalue weighted by atomic mass is 10.3. The van der Waals surface area contributed by atoms with E-state index in [4.69, 9.17) is 5.73 Å². The van der Waals surface area contributed by atoms with E-state index in [2.05, 4.69) is 4.72 Å². The van der Waals surface area contributed by atoms with Crippen LogP contribution in [-0.4, -0.2) is 26.3 Å². The molecule has 0 atom stereocenters. The third-order valence-electron chi connectivity index (χ3n) is 1.24. The molecule has 0 saturated carbocycles. The van der Waals surface area contributed by atoms with Crippen molar-refractivity contribution >= 4 is 10.0 Å². The SMILES string of the molecule is CC(C)(C)S(=O)(=O)NCCN. The van der Waals surface area contributed by atoms with Gasteiger partial charge in [0.1, 0.15) is 0 Å². The van der Waals surface area contributed by atoms with Crippen LogP contribution in [0.25, 0.3) is 0 Å². The van der Waals surface area contributed by atoms with Gasteiger partial charge in [-0.05, 0) is 20.8 Å². The molecule has 5 heteroatoms. The highest BCUT2D eigenvalue weighted by Gasteiger charge is 2.27. The van der Waals surface area contributed by atoms with Crippen LogP contribution >= 0.6 is 0 Å². The third-order valence-corrected chi connectivity index (χ3v) is 3.44. The van der Waals surface area contributed by atoms with Crippen molar-refractivity contribution in [1.82, 2.24) is 4.72 Å². The number of nitrogens with two attached hydrogens (primary N) is 1. The molecule has 68 valence electrons. The molecule has 11 heavy (non-hydrogen) atoms. The molecule has 0 aliphatic carbocycles. The van der Waals surface area contributed by atoms with Crippen LogP contribution in [0.3, 0.4) is 0 Å². The highest BCUT2D eigenvalue weighted by molar-refractivity contribution is 7.90. The fourth-order valence-electron chi connectivity index (χ4n) is 0.410. The summed E-state index contributed by atoms with van der Waals surface area (Å²) in [5.74, 6) is 0. The van der Waals surface area contributed by atoms with E-state index in [0.29, 0.717) is 13.1 Å². The van der Waals surface area contributed by atoms with Crippen LogP contribution in [0.15, 0.2) is 0 Å². The number of rotatable bonds is 3. The van der Waals surface area contributed by atoms with E-state index in [1.54, 1.807) is 20.8 Å². The predicted molar refractivity (Wildman–Crippen MR) is 45.7 cm³/mol. The summed E-state index contributed by atoms with van der Waals surface area (Å²) in [4.78, 5) is 0. The Labute approximate surface area is 68.2 Å². The lowest BCUT2D eigenvalue weighted by Crippen LogP contribution is -2.41. The first kappa shape index (κ1) is 10.9. The van der Waals surface area contributed by atoms with E-state index in [-0.39, 0.29) is 0 Å². The van der Waals surface area contributed by atoms with Crippen LogP contribution in [0.4, 0.5) is 0 Å². The van der Waals surface area contributed by atoms with E-state index in [9.17, 15) is 8.42 Å². The number of hydrogen-bond donors (Lipinski definition) is 2.